The highest BCUT2D eigenvalue weighted by molar-refractivity contribution is 6.30. The van der Waals surface area contributed by atoms with Crippen LogP contribution in [0.1, 0.15) is 11.3 Å². The van der Waals surface area contributed by atoms with E-state index in [4.69, 9.17) is 11.6 Å². The quantitative estimate of drug-likeness (QED) is 0.896. The van der Waals surface area contributed by atoms with Crippen LogP contribution in [0.4, 0.5) is 10.1 Å². The van der Waals surface area contributed by atoms with Crippen molar-refractivity contribution in [2.45, 2.75) is 13.5 Å². The zero-order valence-electron chi connectivity index (χ0n) is 9.37. The van der Waals surface area contributed by atoms with Gasteiger partial charge in [-0.2, -0.15) is 0 Å². The van der Waals surface area contributed by atoms with Crippen molar-refractivity contribution in [3.8, 4) is 0 Å². The third-order valence-electron chi connectivity index (χ3n) is 2.47. The van der Waals surface area contributed by atoms with Gasteiger partial charge in [-0.05, 0) is 36.8 Å². The van der Waals surface area contributed by atoms with Crippen LogP contribution in [0.5, 0.6) is 0 Å². The highest BCUT2D eigenvalue weighted by atomic mass is 35.5. The Balaban J connectivity index is 2.08. The average molecular weight is 251 g/mol. The molecule has 17 heavy (non-hydrogen) atoms. The minimum absolute atomic E-state index is 0.146. The third kappa shape index (κ3) is 2.94. The van der Waals surface area contributed by atoms with E-state index in [1.54, 1.807) is 18.3 Å². The molecule has 1 aromatic carbocycles. The maximum absolute atomic E-state index is 13.0. The van der Waals surface area contributed by atoms with Gasteiger partial charge in [-0.3, -0.25) is 4.98 Å². The number of halogens is 2. The van der Waals surface area contributed by atoms with E-state index in [1.165, 1.54) is 6.07 Å². The summed E-state index contributed by atoms with van der Waals surface area (Å²) in [6, 6.07) is 8.52. The van der Waals surface area contributed by atoms with Gasteiger partial charge in [0.1, 0.15) is 5.82 Å². The van der Waals surface area contributed by atoms with Crippen LogP contribution >= 0.6 is 11.6 Å². The van der Waals surface area contributed by atoms with Crippen molar-refractivity contribution in [1.82, 2.24) is 4.98 Å². The van der Waals surface area contributed by atoms with Gasteiger partial charge in [-0.1, -0.05) is 17.7 Å². The molecule has 2 nitrogen and oxygen atoms in total. The topological polar surface area (TPSA) is 24.9 Å². The fraction of sp³-hybridized carbons (Fsp3) is 0.154. The first-order valence-electron chi connectivity index (χ1n) is 5.26. The average Bonchev–Trinajstić information content (AvgIpc) is 2.32. The fourth-order valence-electron chi connectivity index (χ4n) is 1.52. The predicted octanol–water partition coefficient (Wildman–Crippen LogP) is 3.79. The first kappa shape index (κ1) is 11.9. The second-order valence-corrected chi connectivity index (χ2v) is 4.15. The zero-order chi connectivity index (χ0) is 12.3. The summed E-state index contributed by atoms with van der Waals surface area (Å²) in [5.41, 5.74) is 2.83. The normalized spacial score (nSPS) is 10.3. The van der Waals surface area contributed by atoms with Gasteiger partial charge in [0, 0.05) is 12.7 Å². The van der Waals surface area contributed by atoms with E-state index < -0.39 is 5.82 Å². The van der Waals surface area contributed by atoms with E-state index in [0.717, 1.165) is 16.9 Å². The Morgan fingerprint density at radius 1 is 1.35 bits per heavy atom. The van der Waals surface area contributed by atoms with E-state index in [9.17, 15) is 4.39 Å². The maximum Gasteiger partial charge on any atom is 0.141 e. The Hall–Kier alpha value is -1.61. The number of hydrogen-bond donors (Lipinski definition) is 1. The Bertz CT molecular complexity index is 529. The molecule has 0 aliphatic carbocycles. The van der Waals surface area contributed by atoms with Gasteiger partial charge in [0.2, 0.25) is 0 Å². The summed E-state index contributed by atoms with van der Waals surface area (Å²) >= 11 is 5.71. The smallest absolute Gasteiger partial charge is 0.141 e. The molecular weight excluding hydrogens is 239 g/mol. The Morgan fingerprint density at radius 3 is 2.88 bits per heavy atom. The number of benzene rings is 1. The lowest BCUT2D eigenvalue weighted by molar-refractivity contribution is 0.627. The van der Waals surface area contributed by atoms with E-state index in [2.05, 4.69) is 10.3 Å². The minimum Gasteiger partial charge on any atom is -0.380 e. The lowest BCUT2D eigenvalue weighted by Gasteiger charge is -2.08. The molecule has 0 atom stereocenters. The molecule has 0 bridgehead atoms. The second-order valence-electron chi connectivity index (χ2n) is 3.74. The molecule has 0 aliphatic heterocycles. The summed E-state index contributed by atoms with van der Waals surface area (Å²) in [5.74, 6) is -0.395. The van der Waals surface area contributed by atoms with Gasteiger partial charge in [-0.25, -0.2) is 4.39 Å². The van der Waals surface area contributed by atoms with Crippen LogP contribution in [-0.4, -0.2) is 4.98 Å². The highest BCUT2D eigenvalue weighted by Gasteiger charge is 2.02. The molecule has 0 aliphatic rings. The Labute approximate surface area is 104 Å². The van der Waals surface area contributed by atoms with Gasteiger partial charge in [0.05, 0.1) is 16.4 Å². The molecule has 1 heterocycles. The van der Waals surface area contributed by atoms with Crippen molar-refractivity contribution in [3.63, 3.8) is 0 Å². The molecule has 0 saturated carbocycles. The van der Waals surface area contributed by atoms with Crippen LogP contribution in [0.2, 0.25) is 5.02 Å². The van der Waals surface area contributed by atoms with Gasteiger partial charge >= 0.3 is 0 Å². The molecule has 4 heteroatoms. The molecular formula is C13H12ClFN2. The molecule has 0 fully saturated rings. The molecule has 1 N–H and O–H groups in total. The summed E-state index contributed by atoms with van der Waals surface area (Å²) < 4.78 is 13.0. The number of nitrogens with one attached hydrogen (secondary N) is 1. The number of aromatic nitrogens is 1. The number of rotatable bonds is 3. The van der Waals surface area contributed by atoms with Crippen LogP contribution in [0.15, 0.2) is 36.5 Å². The van der Waals surface area contributed by atoms with Crippen molar-refractivity contribution in [2.24, 2.45) is 0 Å². The summed E-state index contributed by atoms with van der Waals surface area (Å²) in [4.78, 5) is 4.17. The van der Waals surface area contributed by atoms with E-state index in [1.807, 2.05) is 19.1 Å². The van der Waals surface area contributed by atoms with Crippen molar-refractivity contribution >= 4 is 17.3 Å². The molecule has 0 saturated heterocycles. The molecule has 2 rings (SSSR count). The van der Waals surface area contributed by atoms with Crippen LogP contribution in [0, 0.1) is 12.7 Å². The van der Waals surface area contributed by atoms with Gasteiger partial charge in [0.25, 0.3) is 0 Å². The number of nitrogens with zero attached hydrogens (tertiary/aromatic N) is 1. The van der Waals surface area contributed by atoms with Gasteiger partial charge in [-0.15, -0.1) is 0 Å². The summed E-state index contributed by atoms with van der Waals surface area (Å²) in [6.07, 6.45) is 1.75. The first-order chi connectivity index (χ1) is 8.16. The SMILES string of the molecule is Cc1ncccc1NCc1ccc(F)c(Cl)c1. The second kappa shape index (κ2) is 5.15. The summed E-state index contributed by atoms with van der Waals surface area (Å²) in [6.45, 7) is 2.52. The van der Waals surface area contributed by atoms with Crippen molar-refractivity contribution in [1.29, 1.82) is 0 Å². The number of anilines is 1. The summed E-state index contributed by atoms with van der Waals surface area (Å²) in [7, 11) is 0. The Morgan fingerprint density at radius 2 is 2.18 bits per heavy atom. The lowest BCUT2D eigenvalue weighted by Crippen LogP contribution is -2.02. The summed E-state index contributed by atoms with van der Waals surface area (Å²) in [5, 5.41) is 3.38. The molecule has 0 unspecified atom stereocenters. The standard InChI is InChI=1S/C13H12ClFN2/c1-9-13(3-2-6-16-9)17-8-10-4-5-12(15)11(14)7-10/h2-7,17H,8H2,1H3. The fourth-order valence-corrected chi connectivity index (χ4v) is 1.72. The van der Waals surface area contributed by atoms with Crippen LogP contribution in [-0.2, 0) is 6.54 Å². The molecule has 2 aromatic rings. The number of pyridine rings is 1. The van der Waals surface area contributed by atoms with Crippen molar-refractivity contribution < 1.29 is 4.39 Å². The van der Waals surface area contributed by atoms with Gasteiger partial charge < -0.3 is 5.32 Å². The van der Waals surface area contributed by atoms with Crippen LogP contribution in [0.25, 0.3) is 0 Å². The Kier molecular flexibility index (Phi) is 3.59. The molecule has 0 amide bonds. The van der Waals surface area contributed by atoms with E-state index >= 15 is 0 Å². The van der Waals surface area contributed by atoms with E-state index in [-0.39, 0.29) is 5.02 Å². The zero-order valence-corrected chi connectivity index (χ0v) is 10.1. The first-order valence-corrected chi connectivity index (χ1v) is 5.64. The van der Waals surface area contributed by atoms with E-state index in [0.29, 0.717) is 6.54 Å². The lowest BCUT2D eigenvalue weighted by atomic mass is 10.2. The monoisotopic (exact) mass is 250 g/mol. The van der Waals surface area contributed by atoms with Crippen molar-refractivity contribution in [3.05, 3.63) is 58.6 Å². The van der Waals surface area contributed by atoms with Crippen LogP contribution in [0.3, 0.4) is 0 Å². The predicted molar refractivity (Wildman–Crippen MR) is 67.7 cm³/mol. The third-order valence-corrected chi connectivity index (χ3v) is 2.76. The van der Waals surface area contributed by atoms with Crippen LogP contribution < -0.4 is 5.32 Å². The largest absolute Gasteiger partial charge is 0.380 e. The number of hydrogen-bond acceptors (Lipinski definition) is 2. The number of aryl methyl sites for hydroxylation is 1. The minimum atomic E-state index is -0.395. The van der Waals surface area contributed by atoms with Crippen molar-refractivity contribution in [2.75, 3.05) is 5.32 Å². The van der Waals surface area contributed by atoms with Gasteiger partial charge in [0.15, 0.2) is 0 Å². The molecule has 0 radical (unpaired) electrons. The highest BCUT2D eigenvalue weighted by Crippen LogP contribution is 2.17. The molecule has 0 spiro atoms. The maximum atomic E-state index is 13.0. The molecule has 1 aromatic heterocycles. The molecule has 88 valence electrons.